The Kier molecular flexibility index (Phi) is 4.69. The molecular formula is C17H21N5O3. The lowest BCUT2D eigenvalue weighted by Gasteiger charge is -2.27. The summed E-state index contributed by atoms with van der Waals surface area (Å²) in [4.78, 5) is 40.3. The summed E-state index contributed by atoms with van der Waals surface area (Å²) in [5.41, 5.74) is 2.46. The molecule has 0 saturated heterocycles. The molecule has 3 heterocycles. The molecule has 1 aliphatic rings. The molecule has 2 aromatic rings. The van der Waals surface area contributed by atoms with Crippen molar-refractivity contribution in [1.29, 1.82) is 0 Å². The van der Waals surface area contributed by atoms with Gasteiger partial charge in [0, 0.05) is 30.8 Å². The second-order valence-corrected chi connectivity index (χ2v) is 6.12. The molecule has 0 aromatic carbocycles. The van der Waals surface area contributed by atoms with Crippen LogP contribution in [0, 0.1) is 6.92 Å². The fourth-order valence-electron chi connectivity index (χ4n) is 2.87. The van der Waals surface area contributed by atoms with Gasteiger partial charge < -0.3 is 15.2 Å². The summed E-state index contributed by atoms with van der Waals surface area (Å²) in [7, 11) is 0. The average molecular weight is 343 g/mol. The van der Waals surface area contributed by atoms with E-state index < -0.39 is 0 Å². The van der Waals surface area contributed by atoms with Crippen LogP contribution in [-0.2, 0) is 24.4 Å². The number of aryl methyl sites for hydroxylation is 1. The molecule has 0 fully saturated rings. The van der Waals surface area contributed by atoms with E-state index in [2.05, 4.69) is 15.4 Å². The average Bonchev–Trinajstić information content (AvgIpc) is 3.00. The Morgan fingerprint density at radius 2 is 2.08 bits per heavy atom. The van der Waals surface area contributed by atoms with Crippen LogP contribution in [0.4, 0.5) is 0 Å². The first kappa shape index (κ1) is 16.9. The number of amides is 2. The highest BCUT2D eigenvalue weighted by molar-refractivity contribution is 5.92. The van der Waals surface area contributed by atoms with E-state index in [0.717, 1.165) is 11.4 Å². The fourth-order valence-corrected chi connectivity index (χ4v) is 2.87. The van der Waals surface area contributed by atoms with Crippen LogP contribution in [0.5, 0.6) is 0 Å². The van der Waals surface area contributed by atoms with Crippen LogP contribution in [0.1, 0.15) is 40.9 Å². The maximum Gasteiger partial charge on any atom is 0.270 e. The third-order valence-electron chi connectivity index (χ3n) is 4.13. The van der Waals surface area contributed by atoms with Crippen LogP contribution in [0.2, 0.25) is 0 Å². The van der Waals surface area contributed by atoms with Crippen LogP contribution in [0.15, 0.2) is 23.0 Å². The number of hydrogen-bond donors (Lipinski definition) is 2. The number of carbonyl (C=O) groups is 2. The number of pyridine rings is 1. The molecule has 8 heteroatoms. The molecule has 0 atom stereocenters. The van der Waals surface area contributed by atoms with Gasteiger partial charge in [0.25, 0.3) is 5.91 Å². The predicted octanol–water partition coefficient (Wildman–Crippen LogP) is 0.562. The quantitative estimate of drug-likeness (QED) is 0.847. The maximum atomic E-state index is 12.6. The lowest BCUT2D eigenvalue weighted by molar-refractivity contribution is -0.120. The van der Waals surface area contributed by atoms with Gasteiger partial charge >= 0.3 is 0 Å². The first-order valence-electron chi connectivity index (χ1n) is 8.29. The fraction of sp³-hybridized carbons (Fsp3) is 0.412. The number of carbonyl (C=O) groups excluding carboxylic acids is 2. The number of aromatic nitrogens is 3. The van der Waals surface area contributed by atoms with Gasteiger partial charge in [-0.15, -0.1) is 0 Å². The van der Waals surface area contributed by atoms with E-state index in [1.54, 1.807) is 18.7 Å². The van der Waals surface area contributed by atoms with Crippen molar-refractivity contribution in [3.05, 3.63) is 51.2 Å². The first-order valence-corrected chi connectivity index (χ1v) is 8.29. The Balaban J connectivity index is 1.72. The summed E-state index contributed by atoms with van der Waals surface area (Å²) in [6.07, 6.45) is 0.435. The highest BCUT2D eigenvalue weighted by Crippen LogP contribution is 2.15. The molecule has 0 bridgehead atoms. The van der Waals surface area contributed by atoms with Crippen molar-refractivity contribution in [3.63, 3.8) is 0 Å². The Morgan fingerprint density at radius 3 is 2.80 bits per heavy atom. The minimum atomic E-state index is -0.200. The summed E-state index contributed by atoms with van der Waals surface area (Å²) >= 11 is 0. The van der Waals surface area contributed by atoms with Crippen molar-refractivity contribution < 1.29 is 9.59 Å². The van der Waals surface area contributed by atoms with Gasteiger partial charge in [-0.05, 0) is 13.0 Å². The van der Waals surface area contributed by atoms with Gasteiger partial charge in [-0.2, -0.15) is 5.10 Å². The Bertz CT molecular complexity index is 867. The molecule has 0 aliphatic carbocycles. The van der Waals surface area contributed by atoms with E-state index in [1.165, 1.54) is 12.1 Å². The normalized spacial score (nSPS) is 13.4. The van der Waals surface area contributed by atoms with Gasteiger partial charge in [-0.3, -0.25) is 19.1 Å². The number of hydrogen-bond acceptors (Lipinski definition) is 4. The van der Waals surface area contributed by atoms with Crippen molar-refractivity contribution >= 4 is 11.8 Å². The van der Waals surface area contributed by atoms with Crippen molar-refractivity contribution in [3.8, 4) is 0 Å². The third kappa shape index (κ3) is 3.78. The van der Waals surface area contributed by atoms with Crippen LogP contribution in [0.3, 0.4) is 0 Å². The van der Waals surface area contributed by atoms with E-state index in [1.807, 2.05) is 10.7 Å². The van der Waals surface area contributed by atoms with Gasteiger partial charge in [-0.1, -0.05) is 6.92 Å². The summed E-state index contributed by atoms with van der Waals surface area (Å²) in [5, 5.41) is 7.25. The Labute approximate surface area is 144 Å². The van der Waals surface area contributed by atoms with Gasteiger partial charge in [0.05, 0.1) is 31.0 Å². The number of rotatable bonds is 4. The molecule has 2 N–H and O–H groups in total. The molecule has 0 spiro atoms. The van der Waals surface area contributed by atoms with E-state index in [-0.39, 0.29) is 17.2 Å². The van der Waals surface area contributed by atoms with Crippen LogP contribution >= 0.6 is 0 Å². The van der Waals surface area contributed by atoms with Crippen LogP contribution in [0.25, 0.3) is 0 Å². The molecule has 2 amide bonds. The van der Waals surface area contributed by atoms with Crippen LogP contribution < -0.4 is 10.7 Å². The molecular weight excluding hydrogens is 322 g/mol. The van der Waals surface area contributed by atoms with Crippen molar-refractivity contribution in [2.24, 2.45) is 0 Å². The zero-order valence-electron chi connectivity index (χ0n) is 14.3. The smallest absolute Gasteiger partial charge is 0.270 e. The van der Waals surface area contributed by atoms with Gasteiger partial charge in [-0.25, -0.2) is 0 Å². The molecule has 8 nitrogen and oxygen atoms in total. The largest absolute Gasteiger partial charge is 0.354 e. The van der Waals surface area contributed by atoms with Crippen molar-refractivity contribution in [2.45, 2.75) is 39.9 Å². The topological polar surface area (TPSA) is 100 Å². The molecule has 0 radical (unpaired) electrons. The van der Waals surface area contributed by atoms with E-state index >= 15 is 0 Å². The van der Waals surface area contributed by atoms with Crippen LogP contribution in [-0.4, -0.2) is 38.0 Å². The lowest BCUT2D eigenvalue weighted by Crippen LogP contribution is -2.39. The molecule has 25 heavy (non-hydrogen) atoms. The summed E-state index contributed by atoms with van der Waals surface area (Å²) in [6.45, 7) is 5.45. The summed E-state index contributed by atoms with van der Waals surface area (Å²) in [5.74, 6) is -0.222. The van der Waals surface area contributed by atoms with E-state index in [0.29, 0.717) is 44.0 Å². The van der Waals surface area contributed by atoms with Crippen molar-refractivity contribution in [2.75, 3.05) is 6.54 Å². The monoisotopic (exact) mass is 343 g/mol. The molecule has 3 rings (SSSR count). The Hall–Kier alpha value is -2.90. The van der Waals surface area contributed by atoms with E-state index in [4.69, 9.17) is 0 Å². The second-order valence-electron chi connectivity index (χ2n) is 6.12. The minimum absolute atomic E-state index is 0.0221. The lowest BCUT2D eigenvalue weighted by atomic mass is 10.2. The van der Waals surface area contributed by atoms with Crippen molar-refractivity contribution in [1.82, 2.24) is 25.0 Å². The zero-order chi connectivity index (χ0) is 18.0. The molecule has 2 aromatic heterocycles. The number of nitrogens with zero attached hydrogens (tertiary/aromatic N) is 3. The third-order valence-corrected chi connectivity index (χ3v) is 4.13. The molecule has 132 valence electrons. The number of H-pyrrole nitrogens is 1. The SMILES string of the molecule is CCC(=O)NCc1cc2n(n1)CCN(C(=O)c1cc(=O)cc(C)[nH]1)C2. The first-order chi connectivity index (χ1) is 12.0. The number of aromatic amines is 1. The maximum absolute atomic E-state index is 12.6. The number of fused-ring (bicyclic) bond motifs is 1. The van der Waals surface area contributed by atoms with Gasteiger partial charge in [0.2, 0.25) is 5.91 Å². The number of nitrogens with one attached hydrogen (secondary N) is 2. The van der Waals surface area contributed by atoms with Gasteiger partial charge in [0.1, 0.15) is 5.69 Å². The van der Waals surface area contributed by atoms with Gasteiger partial charge in [0.15, 0.2) is 5.43 Å². The molecule has 0 saturated carbocycles. The standard InChI is InChI=1S/C17H21N5O3/c1-3-16(24)18-9-12-7-13-10-21(4-5-22(13)20-12)17(25)15-8-14(23)6-11(2)19-15/h6-8H,3-5,9-10H2,1-2H3,(H,18,24)(H,19,23). The highest BCUT2D eigenvalue weighted by atomic mass is 16.2. The molecule has 0 unspecified atom stereocenters. The Morgan fingerprint density at radius 1 is 1.28 bits per heavy atom. The summed E-state index contributed by atoms with van der Waals surface area (Å²) < 4.78 is 1.86. The highest BCUT2D eigenvalue weighted by Gasteiger charge is 2.24. The summed E-state index contributed by atoms with van der Waals surface area (Å²) in [6, 6.07) is 4.68. The molecule has 1 aliphatic heterocycles. The minimum Gasteiger partial charge on any atom is -0.354 e. The predicted molar refractivity (Wildman–Crippen MR) is 90.9 cm³/mol. The zero-order valence-corrected chi connectivity index (χ0v) is 14.3. The second kappa shape index (κ2) is 6.92. The van der Waals surface area contributed by atoms with E-state index in [9.17, 15) is 14.4 Å².